The number of carbonyl (C=O) groups excluding carboxylic acids is 3. The van der Waals surface area contributed by atoms with E-state index in [0.717, 1.165) is 0 Å². The number of aromatic nitrogens is 1. The Morgan fingerprint density at radius 1 is 1.20 bits per heavy atom. The molecule has 0 aliphatic rings. The van der Waals surface area contributed by atoms with Crippen molar-refractivity contribution in [2.75, 3.05) is 13.2 Å². The predicted molar refractivity (Wildman–Crippen MR) is 69.9 cm³/mol. The molecule has 0 aliphatic heterocycles. The summed E-state index contributed by atoms with van der Waals surface area (Å²) in [6.45, 7) is 3.61. The maximum absolute atomic E-state index is 12.3. The van der Waals surface area contributed by atoms with Gasteiger partial charge in [-0.3, -0.25) is 19.4 Å². The summed E-state index contributed by atoms with van der Waals surface area (Å²) in [6, 6.07) is 3.12. The molecule has 1 atom stereocenters. The number of pyridine rings is 1. The van der Waals surface area contributed by atoms with Crippen LogP contribution in [0.25, 0.3) is 0 Å². The number of Topliss-reactive ketones (excluding diaryl/α,β-unsaturated/α-hetero) is 1. The van der Waals surface area contributed by atoms with E-state index in [1.165, 1.54) is 18.5 Å². The lowest BCUT2D eigenvalue weighted by molar-refractivity contribution is -0.152. The van der Waals surface area contributed by atoms with Crippen molar-refractivity contribution in [3.8, 4) is 0 Å². The average Bonchev–Trinajstić information content (AvgIpc) is 2.45. The summed E-state index contributed by atoms with van der Waals surface area (Å²) in [7, 11) is 0. The van der Waals surface area contributed by atoms with Gasteiger partial charge in [0, 0.05) is 18.0 Å². The summed E-state index contributed by atoms with van der Waals surface area (Å²) in [5, 5.41) is 0. The summed E-state index contributed by atoms with van der Waals surface area (Å²) in [5.74, 6) is -3.03. The smallest absolute Gasteiger partial charge is 0.317 e. The fourth-order valence-electron chi connectivity index (χ4n) is 1.62. The second-order valence-corrected chi connectivity index (χ2v) is 3.92. The van der Waals surface area contributed by atoms with Crippen LogP contribution in [0.15, 0.2) is 24.5 Å². The van der Waals surface area contributed by atoms with Gasteiger partial charge in [0.25, 0.3) is 0 Å². The van der Waals surface area contributed by atoms with Crippen molar-refractivity contribution in [3.63, 3.8) is 0 Å². The minimum absolute atomic E-state index is 0.137. The minimum Gasteiger partial charge on any atom is -0.466 e. The van der Waals surface area contributed by atoms with Gasteiger partial charge in [-0.1, -0.05) is 0 Å². The Kier molecular flexibility index (Phi) is 6.36. The lowest BCUT2D eigenvalue weighted by atomic mass is 9.95. The van der Waals surface area contributed by atoms with E-state index in [-0.39, 0.29) is 25.2 Å². The normalized spacial score (nSPS) is 11.5. The van der Waals surface area contributed by atoms with Crippen LogP contribution in [-0.2, 0) is 19.1 Å². The van der Waals surface area contributed by atoms with Gasteiger partial charge in [0.05, 0.1) is 19.6 Å². The zero-order valence-electron chi connectivity index (χ0n) is 11.5. The van der Waals surface area contributed by atoms with Gasteiger partial charge < -0.3 is 9.47 Å². The Morgan fingerprint density at radius 3 is 2.45 bits per heavy atom. The molecule has 0 aliphatic carbocycles. The number of ether oxygens (including phenoxy) is 2. The lowest BCUT2D eigenvalue weighted by Gasteiger charge is -2.13. The van der Waals surface area contributed by atoms with Crippen molar-refractivity contribution in [1.82, 2.24) is 4.98 Å². The highest BCUT2D eigenvalue weighted by atomic mass is 16.5. The molecule has 1 unspecified atom stereocenters. The first-order valence-corrected chi connectivity index (χ1v) is 6.36. The summed E-state index contributed by atoms with van der Waals surface area (Å²) in [5.41, 5.74) is 0.259. The molecule has 1 aromatic rings. The topological polar surface area (TPSA) is 82.6 Å². The number of esters is 2. The van der Waals surface area contributed by atoms with Crippen LogP contribution >= 0.6 is 0 Å². The average molecular weight is 279 g/mol. The van der Waals surface area contributed by atoms with E-state index in [1.807, 2.05) is 0 Å². The highest BCUT2D eigenvalue weighted by molar-refractivity contribution is 6.10. The number of carbonyl (C=O) groups is 3. The molecule has 0 radical (unpaired) electrons. The Labute approximate surface area is 117 Å². The number of hydrogen-bond acceptors (Lipinski definition) is 6. The van der Waals surface area contributed by atoms with Gasteiger partial charge in [-0.2, -0.15) is 0 Å². The Bertz CT molecular complexity index is 472. The molecule has 1 rings (SSSR count). The van der Waals surface area contributed by atoms with Crippen molar-refractivity contribution in [2.45, 2.75) is 20.3 Å². The third-order valence-corrected chi connectivity index (χ3v) is 2.51. The molecule has 20 heavy (non-hydrogen) atoms. The van der Waals surface area contributed by atoms with Crippen LogP contribution in [-0.4, -0.2) is 35.9 Å². The fourth-order valence-corrected chi connectivity index (χ4v) is 1.62. The van der Waals surface area contributed by atoms with Crippen LogP contribution in [0.2, 0.25) is 0 Å². The molecule has 6 nitrogen and oxygen atoms in total. The summed E-state index contributed by atoms with van der Waals surface area (Å²) >= 11 is 0. The molecule has 6 heteroatoms. The van der Waals surface area contributed by atoms with Crippen LogP contribution < -0.4 is 0 Å². The van der Waals surface area contributed by atoms with Crippen LogP contribution in [0.3, 0.4) is 0 Å². The molecule has 0 bridgehead atoms. The summed E-state index contributed by atoms with van der Waals surface area (Å²) in [6.07, 6.45) is 2.53. The molecule has 1 aromatic heterocycles. The molecule has 0 fully saturated rings. The highest BCUT2D eigenvalue weighted by Gasteiger charge is 2.32. The summed E-state index contributed by atoms with van der Waals surface area (Å²) < 4.78 is 9.61. The molecule has 0 saturated heterocycles. The first-order chi connectivity index (χ1) is 9.60. The maximum atomic E-state index is 12.3. The lowest BCUT2D eigenvalue weighted by Crippen LogP contribution is -2.29. The number of nitrogens with zero attached hydrogens (tertiary/aromatic N) is 1. The van der Waals surface area contributed by atoms with Crippen LogP contribution in [0.5, 0.6) is 0 Å². The van der Waals surface area contributed by atoms with Gasteiger partial charge >= 0.3 is 11.9 Å². The van der Waals surface area contributed by atoms with Gasteiger partial charge in [0.2, 0.25) is 0 Å². The van der Waals surface area contributed by atoms with Gasteiger partial charge in [-0.25, -0.2) is 0 Å². The van der Waals surface area contributed by atoms with E-state index >= 15 is 0 Å². The first-order valence-electron chi connectivity index (χ1n) is 6.36. The third kappa shape index (κ3) is 4.46. The fraction of sp³-hybridized carbons (Fsp3) is 0.429. The monoisotopic (exact) mass is 279 g/mol. The van der Waals surface area contributed by atoms with Crippen molar-refractivity contribution in [2.24, 2.45) is 5.92 Å². The minimum atomic E-state index is -1.20. The van der Waals surface area contributed by atoms with E-state index in [4.69, 9.17) is 9.47 Å². The maximum Gasteiger partial charge on any atom is 0.317 e. The largest absolute Gasteiger partial charge is 0.466 e. The van der Waals surface area contributed by atoms with E-state index < -0.39 is 23.6 Å². The second kappa shape index (κ2) is 8.04. The molecule has 108 valence electrons. The molecular formula is C14H17NO5. The quantitative estimate of drug-likeness (QED) is 0.426. The summed E-state index contributed by atoms with van der Waals surface area (Å²) in [4.78, 5) is 39.4. The van der Waals surface area contributed by atoms with Crippen molar-refractivity contribution >= 4 is 17.7 Å². The van der Waals surface area contributed by atoms with Gasteiger partial charge in [0.15, 0.2) is 5.78 Å². The molecule has 0 N–H and O–H groups in total. The van der Waals surface area contributed by atoms with Crippen LogP contribution in [0, 0.1) is 5.92 Å². The molecule has 0 aromatic carbocycles. The zero-order valence-corrected chi connectivity index (χ0v) is 11.5. The zero-order chi connectivity index (χ0) is 15.0. The van der Waals surface area contributed by atoms with E-state index in [0.29, 0.717) is 0 Å². The third-order valence-electron chi connectivity index (χ3n) is 2.51. The van der Waals surface area contributed by atoms with Crippen molar-refractivity contribution in [3.05, 3.63) is 30.1 Å². The van der Waals surface area contributed by atoms with Crippen molar-refractivity contribution < 1.29 is 23.9 Å². The van der Waals surface area contributed by atoms with Gasteiger partial charge in [-0.05, 0) is 26.0 Å². The van der Waals surface area contributed by atoms with Crippen LogP contribution in [0.4, 0.5) is 0 Å². The molecule has 0 spiro atoms. The molecular weight excluding hydrogens is 262 g/mol. The van der Waals surface area contributed by atoms with E-state index in [2.05, 4.69) is 4.98 Å². The van der Waals surface area contributed by atoms with Gasteiger partial charge in [-0.15, -0.1) is 0 Å². The second-order valence-electron chi connectivity index (χ2n) is 3.92. The Morgan fingerprint density at radius 2 is 1.90 bits per heavy atom. The van der Waals surface area contributed by atoms with E-state index in [9.17, 15) is 14.4 Å². The molecule has 0 saturated carbocycles. The Hall–Kier alpha value is -2.24. The standard InChI is InChI=1S/C14H17NO5/c1-3-19-12(16)8-11(14(18)20-4-2)13(17)10-6-5-7-15-9-10/h5-7,9,11H,3-4,8H2,1-2H3. The number of hydrogen-bond donors (Lipinski definition) is 0. The SMILES string of the molecule is CCOC(=O)CC(C(=O)OCC)C(=O)c1cccnc1. The predicted octanol–water partition coefficient (Wildman–Crippen LogP) is 1.40. The molecule has 1 heterocycles. The van der Waals surface area contributed by atoms with Crippen LogP contribution in [0.1, 0.15) is 30.6 Å². The highest BCUT2D eigenvalue weighted by Crippen LogP contribution is 2.15. The number of ketones is 1. The number of rotatable bonds is 7. The molecule has 0 amide bonds. The Balaban J connectivity index is 2.89. The van der Waals surface area contributed by atoms with Gasteiger partial charge in [0.1, 0.15) is 5.92 Å². The van der Waals surface area contributed by atoms with E-state index in [1.54, 1.807) is 19.9 Å². The first kappa shape index (κ1) is 15.8. The van der Waals surface area contributed by atoms with Crippen molar-refractivity contribution in [1.29, 1.82) is 0 Å².